The zero-order chi connectivity index (χ0) is 19.8. The van der Waals surface area contributed by atoms with Gasteiger partial charge in [-0.15, -0.1) is 0 Å². The molecule has 5 rings (SSSR count). The summed E-state index contributed by atoms with van der Waals surface area (Å²) in [6, 6.07) is 14.7. The quantitative estimate of drug-likeness (QED) is 0.764. The number of piperidine rings is 1. The van der Waals surface area contributed by atoms with E-state index in [0.717, 1.165) is 64.0 Å². The fourth-order valence-electron chi connectivity index (χ4n) is 5.83. The van der Waals surface area contributed by atoms with E-state index in [4.69, 9.17) is 11.6 Å². The van der Waals surface area contributed by atoms with Gasteiger partial charge in [-0.2, -0.15) is 0 Å². The molecule has 0 saturated carbocycles. The van der Waals surface area contributed by atoms with E-state index in [1.54, 1.807) is 0 Å². The van der Waals surface area contributed by atoms with Crippen LogP contribution in [0.5, 0.6) is 0 Å². The van der Waals surface area contributed by atoms with Crippen LogP contribution in [0.15, 0.2) is 42.5 Å². The highest BCUT2D eigenvalue weighted by molar-refractivity contribution is 6.29. The number of carbonyl (C=O) groups excluding carboxylic acids is 1. The van der Waals surface area contributed by atoms with Crippen molar-refractivity contribution in [1.82, 2.24) is 15.2 Å². The van der Waals surface area contributed by atoms with Crippen LogP contribution in [0.2, 0.25) is 5.15 Å². The van der Waals surface area contributed by atoms with E-state index < -0.39 is 0 Å². The van der Waals surface area contributed by atoms with Gasteiger partial charge in [-0.05, 0) is 55.2 Å². The summed E-state index contributed by atoms with van der Waals surface area (Å²) in [6.07, 6.45) is 5.18. The van der Waals surface area contributed by atoms with Gasteiger partial charge < -0.3 is 10.2 Å². The van der Waals surface area contributed by atoms with Gasteiger partial charge in [0.25, 0.3) is 0 Å². The first-order valence-corrected chi connectivity index (χ1v) is 11.3. The van der Waals surface area contributed by atoms with Crippen molar-refractivity contribution in [3.63, 3.8) is 0 Å². The summed E-state index contributed by atoms with van der Waals surface area (Å²) in [5, 5.41) is 4.09. The molecule has 2 atom stereocenters. The number of benzene rings is 1. The lowest BCUT2D eigenvalue weighted by Crippen LogP contribution is -2.49. The third-order valence-electron chi connectivity index (χ3n) is 7.34. The topological polar surface area (TPSA) is 45.2 Å². The number of likely N-dealkylation sites (tertiary alicyclic amines) is 1. The van der Waals surface area contributed by atoms with Gasteiger partial charge in [-0.1, -0.05) is 48.0 Å². The normalized spacial score (nSPS) is 27.2. The van der Waals surface area contributed by atoms with E-state index >= 15 is 0 Å². The van der Waals surface area contributed by atoms with Crippen LogP contribution in [0.3, 0.4) is 0 Å². The molecule has 4 nitrogen and oxygen atoms in total. The number of nitrogens with one attached hydrogen (secondary N) is 1. The van der Waals surface area contributed by atoms with E-state index in [1.807, 2.05) is 6.07 Å². The highest BCUT2D eigenvalue weighted by atomic mass is 35.5. The second-order valence-electron chi connectivity index (χ2n) is 8.83. The van der Waals surface area contributed by atoms with Crippen LogP contribution in [0.25, 0.3) is 0 Å². The van der Waals surface area contributed by atoms with Crippen molar-refractivity contribution < 1.29 is 4.79 Å². The summed E-state index contributed by atoms with van der Waals surface area (Å²) in [7, 11) is 0. The van der Waals surface area contributed by atoms with E-state index in [9.17, 15) is 4.79 Å². The SMILES string of the molecule is O=C([C@@H]1CNC[C@]12CCCc1nc(Cl)ccc12)N1CCC(c2ccccc2)CC1. The molecule has 0 radical (unpaired) electrons. The maximum absolute atomic E-state index is 13.6. The van der Waals surface area contributed by atoms with Crippen molar-refractivity contribution in [2.75, 3.05) is 26.2 Å². The Bertz CT molecular complexity index is 894. The zero-order valence-corrected chi connectivity index (χ0v) is 17.5. The Morgan fingerprint density at radius 3 is 2.72 bits per heavy atom. The number of halogens is 1. The molecule has 1 aromatic carbocycles. The first-order valence-electron chi connectivity index (χ1n) is 10.9. The fraction of sp³-hybridized carbons (Fsp3) is 0.500. The fourth-order valence-corrected chi connectivity index (χ4v) is 6.00. The molecule has 3 heterocycles. The standard InChI is InChI=1S/C24H28ClN3O/c25-22-9-8-19-21(27-22)7-4-12-24(19)16-26-15-20(24)23(29)28-13-10-18(11-14-28)17-5-2-1-3-6-17/h1-3,5-6,8-9,18,20,26H,4,7,10-16H2/t20-,24-/m0/s1. The Balaban J connectivity index is 1.35. The first kappa shape index (κ1) is 19.1. The van der Waals surface area contributed by atoms with Gasteiger partial charge in [0.1, 0.15) is 5.15 Å². The largest absolute Gasteiger partial charge is 0.342 e. The molecule has 3 aliphatic rings. The van der Waals surface area contributed by atoms with Crippen LogP contribution in [0.1, 0.15) is 48.4 Å². The second kappa shape index (κ2) is 7.73. The molecule has 1 aliphatic carbocycles. The summed E-state index contributed by atoms with van der Waals surface area (Å²) in [5.41, 5.74) is 3.62. The lowest BCUT2D eigenvalue weighted by molar-refractivity contribution is -0.138. The Morgan fingerprint density at radius 2 is 1.93 bits per heavy atom. The Hall–Kier alpha value is -1.91. The van der Waals surface area contributed by atoms with Gasteiger partial charge in [-0.25, -0.2) is 4.98 Å². The Labute approximate surface area is 177 Å². The molecule has 2 aromatic rings. The predicted octanol–water partition coefficient (Wildman–Crippen LogP) is 3.93. The van der Waals surface area contributed by atoms with Crippen LogP contribution in [-0.2, 0) is 16.6 Å². The summed E-state index contributed by atoms with van der Waals surface area (Å²) in [5.74, 6) is 0.889. The number of carbonyl (C=O) groups is 1. The molecular formula is C24H28ClN3O. The van der Waals surface area contributed by atoms with Gasteiger partial charge in [0.05, 0.1) is 5.92 Å². The van der Waals surface area contributed by atoms with Gasteiger partial charge in [0.15, 0.2) is 0 Å². The lowest BCUT2D eigenvalue weighted by atomic mass is 9.65. The average Bonchev–Trinajstić information content (AvgIpc) is 3.18. The maximum atomic E-state index is 13.6. The number of fused-ring (bicyclic) bond motifs is 2. The molecule has 2 fully saturated rings. The van der Waals surface area contributed by atoms with Gasteiger partial charge in [0, 0.05) is 37.3 Å². The van der Waals surface area contributed by atoms with Crippen LogP contribution in [-0.4, -0.2) is 42.0 Å². The minimum absolute atomic E-state index is 0.00204. The van der Waals surface area contributed by atoms with E-state index in [0.29, 0.717) is 17.0 Å². The minimum atomic E-state index is -0.126. The van der Waals surface area contributed by atoms with Crippen molar-refractivity contribution >= 4 is 17.5 Å². The molecule has 0 unspecified atom stereocenters. The number of rotatable bonds is 2. The second-order valence-corrected chi connectivity index (χ2v) is 9.22. The van der Waals surface area contributed by atoms with E-state index in [-0.39, 0.29) is 11.3 Å². The number of aromatic nitrogens is 1. The number of aryl methyl sites for hydroxylation is 1. The molecule has 1 aromatic heterocycles. The summed E-state index contributed by atoms with van der Waals surface area (Å²) < 4.78 is 0. The van der Waals surface area contributed by atoms with Crippen molar-refractivity contribution in [3.05, 3.63) is 64.4 Å². The highest BCUT2D eigenvalue weighted by Gasteiger charge is 2.51. The number of pyridine rings is 1. The van der Waals surface area contributed by atoms with E-state index in [2.05, 4.69) is 51.6 Å². The van der Waals surface area contributed by atoms with E-state index in [1.165, 1.54) is 11.1 Å². The summed E-state index contributed by atoms with van der Waals surface area (Å²) >= 11 is 6.15. The van der Waals surface area contributed by atoms with Gasteiger partial charge in [-0.3, -0.25) is 4.79 Å². The summed E-state index contributed by atoms with van der Waals surface area (Å²) in [4.78, 5) is 20.3. The molecule has 1 N–H and O–H groups in total. The van der Waals surface area contributed by atoms with Crippen molar-refractivity contribution in [1.29, 1.82) is 0 Å². The molecular weight excluding hydrogens is 382 g/mol. The minimum Gasteiger partial charge on any atom is -0.342 e. The van der Waals surface area contributed by atoms with Crippen molar-refractivity contribution in [2.45, 2.75) is 43.4 Å². The maximum Gasteiger partial charge on any atom is 0.227 e. The molecule has 2 saturated heterocycles. The zero-order valence-electron chi connectivity index (χ0n) is 16.7. The smallest absolute Gasteiger partial charge is 0.227 e. The number of hydrogen-bond acceptors (Lipinski definition) is 3. The molecule has 5 heteroatoms. The molecule has 29 heavy (non-hydrogen) atoms. The molecule has 1 spiro atoms. The van der Waals surface area contributed by atoms with Gasteiger partial charge >= 0.3 is 0 Å². The Kier molecular flexibility index (Phi) is 5.09. The molecule has 1 amide bonds. The molecule has 2 aliphatic heterocycles. The van der Waals surface area contributed by atoms with Crippen LogP contribution in [0, 0.1) is 5.92 Å². The van der Waals surface area contributed by atoms with Crippen LogP contribution >= 0.6 is 11.6 Å². The van der Waals surface area contributed by atoms with Crippen molar-refractivity contribution in [2.24, 2.45) is 5.92 Å². The Morgan fingerprint density at radius 1 is 1.14 bits per heavy atom. The van der Waals surface area contributed by atoms with Crippen molar-refractivity contribution in [3.8, 4) is 0 Å². The highest BCUT2D eigenvalue weighted by Crippen LogP contribution is 2.46. The molecule has 152 valence electrons. The summed E-state index contributed by atoms with van der Waals surface area (Å²) in [6.45, 7) is 3.34. The van der Waals surface area contributed by atoms with Crippen LogP contribution in [0.4, 0.5) is 0 Å². The number of amides is 1. The third kappa shape index (κ3) is 3.36. The first-order chi connectivity index (χ1) is 14.2. The molecule has 0 bridgehead atoms. The average molecular weight is 410 g/mol. The number of nitrogens with zero attached hydrogens (tertiary/aromatic N) is 2. The van der Waals surface area contributed by atoms with Gasteiger partial charge in [0.2, 0.25) is 5.91 Å². The monoisotopic (exact) mass is 409 g/mol. The predicted molar refractivity (Wildman–Crippen MR) is 115 cm³/mol. The third-order valence-corrected chi connectivity index (χ3v) is 7.56. The van der Waals surface area contributed by atoms with Crippen LogP contribution < -0.4 is 5.32 Å². The number of hydrogen-bond donors (Lipinski definition) is 1. The lowest BCUT2D eigenvalue weighted by Gasteiger charge is -2.42.